The Morgan fingerprint density at radius 3 is 2.42 bits per heavy atom. The molecule has 5 atom stereocenters. The lowest BCUT2D eigenvalue weighted by molar-refractivity contribution is -0.134. The number of sulfone groups is 1. The minimum absolute atomic E-state index is 0.00710. The quantitative estimate of drug-likeness (QED) is 0.649. The van der Waals surface area contributed by atoms with E-state index in [2.05, 4.69) is 13.8 Å². The first-order valence-electron chi connectivity index (χ1n) is 11.3. The molecule has 1 aromatic carbocycles. The highest BCUT2D eigenvalue weighted by molar-refractivity contribution is 7.90. The van der Waals surface area contributed by atoms with Gasteiger partial charge in [0.2, 0.25) is 5.91 Å². The van der Waals surface area contributed by atoms with Gasteiger partial charge in [-0.2, -0.15) is 0 Å². The number of carbonyl (C=O) groups is 1. The van der Waals surface area contributed by atoms with Gasteiger partial charge in [-0.15, -0.1) is 0 Å². The molecule has 0 spiro atoms. The van der Waals surface area contributed by atoms with E-state index < -0.39 is 27.8 Å². The summed E-state index contributed by atoms with van der Waals surface area (Å²) < 4.78 is 35.3. The second-order valence-corrected chi connectivity index (χ2v) is 11.5. The maximum atomic E-state index is 13.4. The second kappa shape index (κ2) is 10.3. The molecule has 1 N–H and O–H groups in total. The topological polar surface area (TPSA) is 93.1 Å². The molecule has 3 rings (SSSR count). The molecule has 1 amide bonds. The van der Waals surface area contributed by atoms with Crippen LogP contribution < -0.4 is 0 Å². The fraction of sp³-hybridized carbons (Fsp3) is 0.560. The molecule has 2 aliphatic rings. The Morgan fingerprint density at radius 2 is 1.85 bits per heavy atom. The van der Waals surface area contributed by atoms with Crippen molar-refractivity contribution in [2.75, 3.05) is 33.6 Å². The average molecular weight is 478 g/mol. The number of carbonyl (C=O) groups excluding carboxylic acids is 1. The van der Waals surface area contributed by atoms with Crippen LogP contribution in [0.25, 0.3) is 0 Å². The molecule has 0 radical (unpaired) electrons. The zero-order valence-electron chi connectivity index (χ0n) is 20.0. The SMILES string of the molecule is COC1=C[C@@H](O)C([C@H](CC(=O)N2CC(C)C[C@@H](C)C2)c2cccc(S(C)(=O)=O)c2)C(OC)=C1. The maximum absolute atomic E-state index is 13.4. The van der Waals surface area contributed by atoms with Crippen LogP contribution >= 0.6 is 0 Å². The van der Waals surface area contributed by atoms with Gasteiger partial charge in [-0.25, -0.2) is 8.42 Å². The van der Waals surface area contributed by atoms with Gasteiger partial charge in [0.05, 0.1) is 31.1 Å². The van der Waals surface area contributed by atoms with Crippen LogP contribution in [0.15, 0.2) is 52.8 Å². The lowest BCUT2D eigenvalue weighted by atomic mass is 9.76. The number of benzene rings is 1. The minimum atomic E-state index is -3.43. The first kappa shape index (κ1) is 25.3. The number of aliphatic hydroxyl groups is 1. The highest BCUT2D eigenvalue weighted by Crippen LogP contribution is 2.40. The van der Waals surface area contributed by atoms with Gasteiger partial charge in [0.1, 0.15) is 11.5 Å². The molecule has 1 fully saturated rings. The summed E-state index contributed by atoms with van der Waals surface area (Å²) in [5.74, 6) is 0.759. The second-order valence-electron chi connectivity index (χ2n) is 9.44. The van der Waals surface area contributed by atoms with E-state index in [1.54, 1.807) is 30.4 Å². The average Bonchev–Trinajstić information content (AvgIpc) is 2.76. The van der Waals surface area contributed by atoms with Crippen molar-refractivity contribution in [1.29, 1.82) is 0 Å². The first-order valence-corrected chi connectivity index (χ1v) is 13.2. The summed E-state index contributed by atoms with van der Waals surface area (Å²) in [7, 11) is -0.404. The van der Waals surface area contributed by atoms with E-state index in [1.165, 1.54) is 14.2 Å². The first-order chi connectivity index (χ1) is 15.5. The Balaban J connectivity index is 2.01. The Bertz CT molecular complexity index is 1020. The third-order valence-corrected chi connectivity index (χ3v) is 7.66. The molecule has 33 heavy (non-hydrogen) atoms. The number of piperidine rings is 1. The summed E-state index contributed by atoms with van der Waals surface area (Å²) in [5, 5.41) is 11.0. The fourth-order valence-corrected chi connectivity index (χ4v) is 5.77. The molecule has 0 bridgehead atoms. The number of hydrogen-bond acceptors (Lipinski definition) is 6. The van der Waals surface area contributed by atoms with Gasteiger partial charge in [0.25, 0.3) is 0 Å². The highest BCUT2D eigenvalue weighted by atomic mass is 32.2. The number of allylic oxidation sites excluding steroid dienone is 1. The Kier molecular flexibility index (Phi) is 7.90. The molecular weight excluding hydrogens is 442 g/mol. The van der Waals surface area contributed by atoms with Crippen LogP contribution in [0.2, 0.25) is 0 Å². The lowest BCUT2D eigenvalue weighted by Gasteiger charge is -2.38. The molecule has 1 aliphatic carbocycles. The predicted molar refractivity (Wildman–Crippen MR) is 126 cm³/mol. The van der Waals surface area contributed by atoms with Crippen LogP contribution in [0, 0.1) is 17.8 Å². The van der Waals surface area contributed by atoms with Crippen molar-refractivity contribution in [1.82, 2.24) is 4.90 Å². The molecule has 1 heterocycles. The summed E-state index contributed by atoms with van der Waals surface area (Å²) >= 11 is 0. The van der Waals surface area contributed by atoms with E-state index >= 15 is 0 Å². The van der Waals surface area contributed by atoms with Crippen LogP contribution in [0.5, 0.6) is 0 Å². The fourth-order valence-electron chi connectivity index (χ4n) is 5.09. The minimum Gasteiger partial charge on any atom is -0.501 e. The maximum Gasteiger partial charge on any atom is 0.223 e. The third-order valence-electron chi connectivity index (χ3n) is 6.55. The van der Waals surface area contributed by atoms with E-state index in [0.717, 1.165) is 12.7 Å². The number of amides is 1. The van der Waals surface area contributed by atoms with Crippen LogP contribution in [0.3, 0.4) is 0 Å². The molecule has 0 saturated carbocycles. The molecule has 0 aromatic heterocycles. The molecule has 2 unspecified atom stereocenters. The number of hydrogen-bond donors (Lipinski definition) is 1. The molecular formula is C25H35NO6S. The monoisotopic (exact) mass is 477 g/mol. The number of rotatable bonds is 7. The van der Waals surface area contributed by atoms with E-state index in [-0.39, 0.29) is 17.2 Å². The van der Waals surface area contributed by atoms with Crippen molar-refractivity contribution in [3.05, 3.63) is 53.5 Å². The van der Waals surface area contributed by atoms with E-state index in [9.17, 15) is 18.3 Å². The largest absolute Gasteiger partial charge is 0.501 e. The predicted octanol–water partition coefficient (Wildman–Crippen LogP) is 3.12. The van der Waals surface area contributed by atoms with Crippen molar-refractivity contribution >= 4 is 15.7 Å². The van der Waals surface area contributed by atoms with Crippen molar-refractivity contribution in [2.45, 2.75) is 43.6 Å². The van der Waals surface area contributed by atoms with Crippen molar-refractivity contribution < 1.29 is 27.8 Å². The van der Waals surface area contributed by atoms with Gasteiger partial charge in [0, 0.05) is 37.8 Å². The van der Waals surface area contributed by atoms with Crippen molar-refractivity contribution in [2.24, 2.45) is 17.8 Å². The van der Waals surface area contributed by atoms with Gasteiger partial charge >= 0.3 is 0 Å². The molecule has 1 aromatic rings. The van der Waals surface area contributed by atoms with Gasteiger partial charge < -0.3 is 19.5 Å². The van der Waals surface area contributed by atoms with Crippen molar-refractivity contribution in [3.8, 4) is 0 Å². The summed E-state index contributed by atoms with van der Waals surface area (Å²) in [6, 6.07) is 6.63. The van der Waals surface area contributed by atoms with Gasteiger partial charge in [-0.1, -0.05) is 26.0 Å². The van der Waals surface area contributed by atoms with Crippen LogP contribution in [-0.2, 0) is 24.1 Å². The number of nitrogens with zero attached hydrogens (tertiary/aromatic N) is 1. The summed E-state index contributed by atoms with van der Waals surface area (Å²) in [6.45, 7) is 5.70. The number of likely N-dealkylation sites (tertiary alicyclic amines) is 1. The standard InChI is InChI=1S/C25H35NO6S/c1-16-9-17(2)15-26(14-16)24(28)13-21(18-7-6-8-20(10-18)33(5,29)30)25-22(27)11-19(31-3)12-23(25)32-4/h6-8,10-12,16-17,21-22,25,27H,9,13-15H2,1-5H3/t16-,17?,21-,22-,25?/m1/s1. The summed E-state index contributed by atoms with van der Waals surface area (Å²) in [6.07, 6.45) is 4.72. The zero-order valence-corrected chi connectivity index (χ0v) is 20.8. The van der Waals surface area contributed by atoms with E-state index in [0.29, 0.717) is 42.0 Å². The highest BCUT2D eigenvalue weighted by Gasteiger charge is 2.38. The number of aliphatic hydroxyl groups excluding tert-OH is 1. The molecule has 1 saturated heterocycles. The Hall–Kier alpha value is -2.32. The van der Waals surface area contributed by atoms with Crippen LogP contribution in [0.1, 0.15) is 38.2 Å². The third kappa shape index (κ3) is 5.98. The molecule has 182 valence electrons. The molecule has 8 heteroatoms. The van der Waals surface area contributed by atoms with Crippen molar-refractivity contribution in [3.63, 3.8) is 0 Å². The Morgan fingerprint density at radius 1 is 1.18 bits per heavy atom. The van der Waals surface area contributed by atoms with Gasteiger partial charge in [-0.3, -0.25) is 4.79 Å². The summed E-state index contributed by atoms with van der Waals surface area (Å²) in [5.41, 5.74) is 0.672. The Labute approximate surface area is 197 Å². The summed E-state index contributed by atoms with van der Waals surface area (Å²) in [4.78, 5) is 15.5. The van der Waals surface area contributed by atoms with Crippen LogP contribution in [-0.4, -0.2) is 64.0 Å². The number of ether oxygens (including phenoxy) is 2. The lowest BCUT2D eigenvalue weighted by Crippen LogP contribution is -2.44. The van der Waals surface area contributed by atoms with Crippen LogP contribution in [0.4, 0.5) is 0 Å². The molecule has 7 nitrogen and oxygen atoms in total. The smallest absolute Gasteiger partial charge is 0.223 e. The zero-order chi connectivity index (χ0) is 24.3. The molecule has 1 aliphatic heterocycles. The normalized spacial score (nSPS) is 26.8. The number of methoxy groups -OCH3 is 2. The van der Waals surface area contributed by atoms with Gasteiger partial charge in [-0.05, 0) is 42.0 Å². The van der Waals surface area contributed by atoms with E-state index in [4.69, 9.17) is 9.47 Å². The van der Waals surface area contributed by atoms with Gasteiger partial charge in [0.15, 0.2) is 9.84 Å². The van der Waals surface area contributed by atoms with E-state index in [1.807, 2.05) is 11.0 Å².